The summed E-state index contributed by atoms with van der Waals surface area (Å²) >= 11 is 0. The van der Waals surface area contributed by atoms with Crippen LogP contribution in [0.2, 0.25) is 0 Å². The van der Waals surface area contributed by atoms with Gasteiger partial charge in [-0.3, -0.25) is 0 Å². The highest BCUT2D eigenvalue weighted by Gasteiger charge is 2.49. The molecule has 15 atom stereocenters. The van der Waals surface area contributed by atoms with Gasteiger partial charge in [0.2, 0.25) is 0 Å². The summed E-state index contributed by atoms with van der Waals surface area (Å²) in [5.41, 5.74) is 30.3. The van der Waals surface area contributed by atoms with Crippen LogP contribution in [0.4, 0.5) is 0 Å². The Hall–Kier alpha value is -0.520. The highest BCUT2D eigenvalue weighted by Crippen LogP contribution is 2.38. The molecule has 0 spiro atoms. The Morgan fingerprint density at radius 3 is 1.67 bits per heavy atom. The van der Waals surface area contributed by atoms with Crippen LogP contribution in [0.1, 0.15) is 19.3 Å². The van der Waals surface area contributed by atoms with E-state index < -0.39 is 97.5 Å². The molecular weight excluding hydrogens is 438 g/mol. The topological polar surface area (TPSA) is 270 Å². The van der Waals surface area contributed by atoms with Crippen LogP contribution in [0.25, 0.3) is 0 Å². The second kappa shape index (κ2) is 11.0. The molecular formula is C20H41N5O8. The fourth-order valence-electron chi connectivity index (χ4n) is 5.55. The Morgan fingerprint density at radius 1 is 0.606 bits per heavy atom. The Labute approximate surface area is 192 Å². The first kappa shape index (κ1) is 27.1. The molecule has 1 aliphatic carbocycles. The largest absolute Gasteiger partial charge is 0.394 e. The van der Waals surface area contributed by atoms with Crippen LogP contribution in [0, 0.1) is 11.8 Å². The van der Waals surface area contributed by atoms with Gasteiger partial charge in [0.05, 0.1) is 49.2 Å². The maximum atomic E-state index is 11.2. The monoisotopic (exact) mass is 479 g/mol. The lowest BCUT2D eigenvalue weighted by molar-refractivity contribution is -0.200. The van der Waals surface area contributed by atoms with Gasteiger partial charge in [0, 0.05) is 30.5 Å². The van der Waals surface area contributed by atoms with E-state index in [1.165, 1.54) is 0 Å². The number of aliphatic hydroxyl groups is 6. The third-order valence-corrected chi connectivity index (χ3v) is 7.75. The molecule has 3 aliphatic rings. The number of hydrogen-bond acceptors (Lipinski definition) is 13. The molecule has 0 aromatic carbocycles. The van der Waals surface area contributed by atoms with E-state index in [1.807, 2.05) is 0 Å². The van der Waals surface area contributed by atoms with Crippen molar-refractivity contribution in [2.24, 2.45) is 40.5 Å². The second-order valence-electron chi connectivity index (χ2n) is 9.81. The zero-order valence-electron chi connectivity index (χ0n) is 18.6. The molecule has 2 aliphatic heterocycles. The number of ether oxygens (including phenoxy) is 2. The van der Waals surface area contributed by atoms with Crippen LogP contribution in [-0.4, -0.2) is 123 Å². The van der Waals surface area contributed by atoms with E-state index in [0.29, 0.717) is 6.42 Å². The standard InChI is InChI=1S/C20H41N5O8/c21-4-12-19(30)20(31)14(24)10(32-12)1-6-8(22)3-9(23)7(16(6)27)2-11-17(28)15(25)18(29)13(5-26)33-11/h6-20,26-31H,1-5,21-25H2/t6-,7+,8+,9-,10-,11-,12-,13-,14+,15-,16+,17+,18-,19-,20-/m1/s1. The third-order valence-electron chi connectivity index (χ3n) is 7.75. The van der Waals surface area contributed by atoms with Crippen LogP contribution in [0.15, 0.2) is 0 Å². The molecule has 13 nitrogen and oxygen atoms in total. The Balaban J connectivity index is 1.72. The maximum absolute atomic E-state index is 11.2. The van der Waals surface area contributed by atoms with E-state index in [1.54, 1.807) is 0 Å². The van der Waals surface area contributed by atoms with Crippen molar-refractivity contribution in [2.45, 2.75) is 98.4 Å². The van der Waals surface area contributed by atoms with Crippen molar-refractivity contribution in [3.05, 3.63) is 0 Å². The van der Waals surface area contributed by atoms with Gasteiger partial charge in [-0.15, -0.1) is 0 Å². The van der Waals surface area contributed by atoms with E-state index >= 15 is 0 Å². The SMILES string of the molecule is NC[C@H]1O[C@H](C[C@H]2[C@H](O)[C@@H](C[C@H]3O[C@H](CO)[C@@H](O)[C@H](N)[C@H]3O)[C@H](N)C[C@@H]2N)[C@H](N)[C@@H](O)[C@@H]1O. The van der Waals surface area contributed by atoms with Gasteiger partial charge >= 0.3 is 0 Å². The summed E-state index contributed by atoms with van der Waals surface area (Å²) in [4.78, 5) is 0. The summed E-state index contributed by atoms with van der Waals surface area (Å²) < 4.78 is 11.5. The summed E-state index contributed by atoms with van der Waals surface area (Å²) in [6, 6.07) is -2.90. The summed E-state index contributed by atoms with van der Waals surface area (Å²) in [5.74, 6) is -1.03. The van der Waals surface area contributed by atoms with E-state index in [-0.39, 0.29) is 19.4 Å². The van der Waals surface area contributed by atoms with Crippen molar-refractivity contribution in [3.63, 3.8) is 0 Å². The smallest absolute Gasteiger partial charge is 0.109 e. The second-order valence-corrected chi connectivity index (χ2v) is 9.81. The highest BCUT2D eigenvalue weighted by molar-refractivity contribution is 5.03. The van der Waals surface area contributed by atoms with Crippen LogP contribution >= 0.6 is 0 Å². The van der Waals surface area contributed by atoms with Crippen molar-refractivity contribution >= 4 is 0 Å². The van der Waals surface area contributed by atoms with Crippen molar-refractivity contribution in [3.8, 4) is 0 Å². The normalized spacial score (nSPS) is 53.7. The number of aliphatic hydroxyl groups excluding tert-OH is 6. The molecule has 0 aromatic heterocycles. The van der Waals surface area contributed by atoms with Crippen molar-refractivity contribution in [1.82, 2.24) is 0 Å². The Bertz CT molecular complexity index is 583. The van der Waals surface area contributed by atoms with Gasteiger partial charge in [0.15, 0.2) is 0 Å². The van der Waals surface area contributed by atoms with E-state index in [0.717, 1.165) is 0 Å². The average Bonchev–Trinajstić information content (AvgIpc) is 2.79. The first-order valence-electron chi connectivity index (χ1n) is 11.6. The molecule has 0 amide bonds. The molecule has 1 saturated carbocycles. The molecule has 2 saturated heterocycles. The van der Waals surface area contributed by atoms with Crippen LogP contribution < -0.4 is 28.7 Å². The molecule has 3 fully saturated rings. The van der Waals surface area contributed by atoms with Crippen LogP contribution in [0.5, 0.6) is 0 Å². The van der Waals surface area contributed by atoms with Gasteiger partial charge < -0.3 is 68.8 Å². The van der Waals surface area contributed by atoms with Gasteiger partial charge in [0.25, 0.3) is 0 Å². The van der Waals surface area contributed by atoms with Crippen LogP contribution in [-0.2, 0) is 9.47 Å². The average molecular weight is 480 g/mol. The van der Waals surface area contributed by atoms with E-state index in [4.69, 9.17) is 38.1 Å². The van der Waals surface area contributed by atoms with Gasteiger partial charge in [-0.25, -0.2) is 0 Å². The van der Waals surface area contributed by atoms with Gasteiger partial charge in [-0.2, -0.15) is 0 Å². The lowest BCUT2D eigenvalue weighted by atomic mass is 9.68. The van der Waals surface area contributed by atoms with Crippen molar-refractivity contribution in [1.29, 1.82) is 0 Å². The van der Waals surface area contributed by atoms with Crippen molar-refractivity contribution < 1.29 is 40.1 Å². The lowest BCUT2D eigenvalue weighted by Crippen LogP contribution is -2.65. The number of nitrogens with two attached hydrogens (primary N) is 5. The molecule has 0 radical (unpaired) electrons. The predicted octanol–water partition coefficient (Wildman–Crippen LogP) is -6.00. The number of hydrogen-bond donors (Lipinski definition) is 11. The Morgan fingerprint density at radius 2 is 1.12 bits per heavy atom. The zero-order valence-corrected chi connectivity index (χ0v) is 18.6. The molecule has 0 aromatic rings. The predicted molar refractivity (Wildman–Crippen MR) is 116 cm³/mol. The van der Waals surface area contributed by atoms with E-state index in [9.17, 15) is 30.6 Å². The Kier molecular flexibility index (Phi) is 9.05. The number of rotatable bonds is 6. The fourth-order valence-corrected chi connectivity index (χ4v) is 5.55. The quantitative estimate of drug-likeness (QED) is 0.169. The molecule has 2 heterocycles. The first-order valence-corrected chi connectivity index (χ1v) is 11.6. The molecule has 3 rings (SSSR count). The molecule has 194 valence electrons. The minimum absolute atomic E-state index is 0.0107. The van der Waals surface area contributed by atoms with Gasteiger partial charge in [-0.05, 0) is 19.3 Å². The molecule has 16 N–H and O–H groups in total. The van der Waals surface area contributed by atoms with Crippen LogP contribution in [0.3, 0.4) is 0 Å². The first-order chi connectivity index (χ1) is 15.5. The summed E-state index contributed by atoms with van der Waals surface area (Å²) in [6.07, 6.45) is -8.49. The molecule has 33 heavy (non-hydrogen) atoms. The van der Waals surface area contributed by atoms with E-state index in [2.05, 4.69) is 0 Å². The van der Waals surface area contributed by atoms with Gasteiger partial charge in [-0.1, -0.05) is 0 Å². The summed E-state index contributed by atoms with van der Waals surface area (Å²) in [5, 5.41) is 61.7. The lowest BCUT2D eigenvalue weighted by Gasteiger charge is -2.48. The van der Waals surface area contributed by atoms with Crippen molar-refractivity contribution in [2.75, 3.05) is 13.2 Å². The molecule has 0 bridgehead atoms. The zero-order chi connectivity index (χ0) is 24.6. The summed E-state index contributed by atoms with van der Waals surface area (Å²) in [6.45, 7) is -0.485. The highest BCUT2D eigenvalue weighted by atomic mass is 16.5. The van der Waals surface area contributed by atoms with Gasteiger partial charge in [0.1, 0.15) is 24.4 Å². The molecule has 0 unspecified atom stereocenters. The molecule has 13 heteroatoms. The minimum atomic E-state index is -1.23. The summed E-state index contributed by atoms with van der Waals surface area (Å²) in [7, 11) is 0. The maximum Gasteiger partial charge on any atom is 0.109 e. The fraction of sp³-hybridized carbons (Fsp3) is 1.00. The third kappa shape index (κ3) is 5.35. The minimum Gasteiger partial charge on any atom is -0.394 e.